The van der Waals surface area contributed by atoms with Gasteiger partial charge >= 0.3 is 0 Å². The van der Waals surface area contributed by atoms with Crippen molar-refractivity contribution >= 4 is 28.5 Å². The second-order valence-corrected chi connectivity index (χ2v) is 8.42. The maximum Gasteiger partial charge on any atom is 0.240 e. The Morgan fingerprint density at radius 1 is 1.14 bits per heavy atom. The van der Waals surface area contributed by atoms with Crippen LogP contribution in [-0.2, 0) is 22.6 Å². The van der Waals surface area contributed by atoms with Gasteiger partial charge in [-0.15, -0.1) is 15.3 Å². The summed E-state index contributed by atoms with van der Waals surface area (Å²) in [5, 5.41) is 35.4. The molecule has 0 atom stereocenters. The van der Waals surface area contributed by atoms with Crippen molar-refractivity contribution in [2.75, 3.05) is 20.3 Å². The summed E-state index contributed by atoms with van der Waals surface area (Å²) in [6.07, 6.45) is 7.79. The summed E-state index contributed by atoms with van der Waals surface area (Å²) in [6, 6.07) is 11.5. The third-order valence-electron chi connectivity index (χ3n) is 5.69. The molecule has 0 bridgehead atoms. The Hall–Kier alpha value is -4.38. The highest BCUT2D eigenvalue weighted by molar-refractivity contribution is 6.05. The molecule has 0 saturated heterocycles. The van der Waals surface area contributed by atoms with Gasteiger partial charge in [0.1, 0.15) is 24.7 Å². The number of amides is 1. The van der Waals surface area contributed by atoms with Gasteiger partial charge in [0.05, 0.1) is 5.69 Å². The molecule has 4 rings (SSSR count). The predicted octanol–water partition coefficient (Wildman–Crippen LogP) is 3.17. The summed E-state index contributed by atoms with van der Waals surface area (Å²) >= 11 is 0. The summed E-state index contributed by atoms with van der Waals surface area (Å²) in [4.78, 5) is 14.8. The number of carbonyl (C=O) groups excluding carboxylic acids is 1. The first-order chi connectivity index (χ1) is 18.1. The number of nitrogens with one attached hydrogen (secondary N) is 2. The number of hydrogen-bond donors (Lipinski definition) is 3. The van der Waals surface area contributed by atoms with Crippen LogP contribution in [0.2, 0.25) is 0 Å². The number of nitrogens with zero attached hydrogens (tertiary/aromatic N) is 5. The summed E-state index contributed by atoms with van der Waals surface area (Å²) in [5.74, 6) is 0.417. The number of aliphatic hydroxyl groups is 1. The van der Waals surface area contributed by atoms with Gasteiger partial charge in [0.2, 0.25) is 18.1 Å². The Morgan fingerprint density at radius 3 is 2.73 bits per heavy atom. The number of unbranched alkanes of at least 4 members (excludes halogenated alkanes) is 2. The number of aryl methyl sites for hydroxylation is 1. The van der Waals surface area contributed by atoms with E-state index < -0.39 is 0 Å². The van der Waals surface area contributed by atoms with Crippen LogP contribution in [0.25, 0.3) is 16.4 Å². The molecule has 1 amide bonds. The molecule has 0 unspecified atom stereocenters. The van der Waals surface area contributed by atoms with Crippen LogP contribution in [0.15, 0.2) is 54.4 Å². The van der Waals surface area contributed by atoms with Crippen LogP contribution >= 0.6 is 0 Å². The number of benzene rings is 1. The fraction of sp³-hybridized carbons (Fsp3) is 0.308. The van der Waals surface area contributed by atoms with Crippen molar-refractivity contribution in [2.45, 2.75) is 32.3 Å². The van der Waals surface area contributed by atoms with Crippen LogP contribution in [0.5, 0.6) is 5.88 Å². The van der Waals surface area contributed by atoms with E-state index in [1.54, 1.807) is 0 Å². The minimum atomic E-state index is -0.106. The quantitative estimate of drug-likeness (QED) is 0.103. The second-order valence-electron chi connectivity index (χ2n) is 8.42. The van der Waals surface area contributed by atoms with E-state index in [2.05, 4.69) is 25.6 Å². The van der Waals surface area contributed by atoms with E-state index in [1.807, 2.05) is 42.6 Å². The van der Waals surface area contributed by atoms with Crippen molar-refractivity contribution in [3.8, 4) is 5.88 Å². The molecule has 0 aliphatic carbocycles. The molecule has 4 aromatic rings. The Bertz CT molecular complexity index is 1400. The topological polar surface area (TPSA) is 148 Å². The summed E-state index contributed by atoms with van der Waals surface area (Å²) in [5.41, 5.74) is 2.32. The van der Waals surface area contributed by atoms with Crippen LogP contribution in [0.1, 0.15) is 36.3 Å². The fourth-order valence-electron chi connectivity index (χ4n) is 3.87. The molecular formula is C26H29N7O4. The van der Waals surface area contributed by atoms with Gasteiger partial charge in [0.15, 0.2) is 5.65 Å². The van der Waals surface area contributed by atoms with Crippen molar-refractivity contribution in [1.29, 1.82) is 5.41 Å². The monoisotopic (exact) mass is 503 g/mol. The maximum absolute atomic E-state index is 10.3. The summed E-state index contributed by atoms with van der Waals surface area (Å²) in [7, 11) is 1.46. The number of allylic oxidation sites excluding steroid dienone is 1. The van der Waals surface area contributed by atoms with E-state index in [4.69, 9.17) is 14.9 Å². The van der Waals surface area contributed by atoms with Gasteiger partial charge in [-0.05, 0) is 37.0 Å². The lowest BCUT2D eigenvalue weighted by Gasteiger charge is -2.10. The lowest BCUT2D eigenvalue weighted by Crippen LogP contribution is -2.11. The van der Waals surface area contributed by atoms with Crippen molar-refractivity contribution in [3.63, 3.8) is 0 Å². The van der Waals surface area contributed by atoms with Gasteiger partial charge in [-0.2, -0.15) is 4.52 Å². The van der Waals surface area contributed by atoms with Crippen molar-refractivity contribution in [1.82, 2.24) is 30.1 Å². The number of aromatic nitrogens is 5. The van der Waals surface area contributed by atoms with E-state index in [0.717, 1.165) is 54.1 Å². The number of ether oxygens (including phenoxy) is 2. The van der Waals surface area contributed by atoms with Gasteiger partial charge in [-0.1, -0.05) is 30.7 Å². The molecule has 3 heterocycles. The average Bonchev–Trinajstić information content (AvgIpc) is 3.34. The minimum Gasteiger partial charge on any atom is -0.510 e. The number of aliphatic hydroxyl groups excluding tert-OH is 1. The molecule has 192 valence electrons. The summed E-state index contributed by atoms with van der Waals surface area (Å²) < 4.78 is 12.4. The summed E-state index contributed by atoms with van der Waals surface area (Å²) in [6.45, 7) is 0.898. The molecule has 0 saturated carbocycles. The zero-order valence-electron chi connectivity index (χ0n) is 20.6. The fourth-order valence-corrected chi connectivity index (χ4v) is 3.87. The van der Waals surface area contributed by atoms with E-state index in [9.17, 15) is 9.90 Å². The number of rotatable bonds is 14. The molecule has 0 aliphatic heterocycles. The smallest absolute Gasteiger partial charge is 0.240 e. The van der Waals surface area contributed by atoms with Gasteiger partial charge in [0.25, 0.3) is 0 Å². The third kappa shape index (κ3) is 6.44. The third-order valence-corrected chi connectivity index (χ3v) is 5.69. The molecule has 11 nitrogen and oxygen atoms in total. The molecule has 1 aromatic carbocycles. The van der Waals surface area contributed by atoms with Crippen LogP contribution in [0.3, 0.4) is 0 Å². The second kappa shape index (κ2) is 12.5. The van der Waals surface area contributed by atoms with Gasteiger partial charge in [-0.25, -0.2) is 0 Å². The number of hydrogen-bond acceptors (Lipinski definition) is 9. The van der Waals surface area contributed by atoms with Crippen LogP contribution in [-0.4, -0.2) is 62.3 Å². The van der Waals surface area contributed by atoms with Crippen LogP contribution < -0.4 is 10.1 Å². The Morgan fingerprint density at radius 2 is 1.97 bits per heavy atom. The SMILES string of the molecule is COC/C(O)=C/C(=N)c1nnc2c3ccccc3c(OCc3ccc(CCCCCNC=O)cn3)nn12. The highest BCUT2D eigenvalue weighted by Gasteiger charge is 2.17. The Balaban J connectivity index is 1.49. The molecule has 0 fully saturated rings. The van der Waals surface area contributed by atoms with Crippen molar-refractivity contribution < 1.29 is 19.4 Å². The standard InChI is InChI=1S/C26H29N7O4/c1-36-16-20(35)13-23(27)25-31-30-24-21-8-4-5-9-22(21)26(32-33(24)25)37-15-19-11-10-18(14-29-19)7-3-2-6-12-28-17-34/h4-5,8-11,13-14,17,27,35H,2-3,6-7,12,15-16H2,1H3,(H,28,34)/b20-13-,27-23?. The van der Waals surface area contributed by atoms with Crippen molar-refractivity contribution in [2.24, 2.45) is 0 Å². The lowest BCUT2D eigenvalue weighted by atomic mass is 10.1. The Labute approximate surface area is 213 Å². The van der Waals surface area contributed by atoms with E-state index in [0.29, 0.717) is 18.1 Å². The van der Waals surface area contributed by atoms with E-state index in [1.165, 1.54) is 17.7 Å². The molecule has 37 heavy (non-hydrogen) atoms. The van der Waals surface area contributed by atoms with E-state index in [-0.39, 0.29) is 30.5 Å². The predicted molar refractivity (Wildman–Crippen MR) is 138 cm³/mol. The highest BCUT2D eigenvalue weighted by Crippen LogP contribution is 2.27. The molecule has 0 aliphatic rings. The normalized spacial score (nSPS) is 11.6. The molecule has 0 radical (unpaired) electrons. The Kier molecular flexibility index (Phi) is 8.71. The van der Waals surface area contributed by atoms with Crippen molar-refractivity contribution in [3.05, 3.63) is 71.5 Å². The minimum absolute atomic E-state index is 0.0193. The zero-order chi connectivity index (χ0) is 26.0. The molecule has 3 aromatic heterocycles. The first kappa shape index (κ1) is 25.7. The molecule has 0 spiro atoms. The number of fused-ring (bicyclic) bond motifs is 3. The number of methoxy groups -OCH3 is 1. The lowest BCUT2D eigenvalue weighted by molar-refractivity contribution is -0.109. The zero-order valence-corrected chi connectivity index (χ0v) is 20.6. The average molecular weight is 504 g/mol. The molecular weight excluding hydrogens is 474 g/mol. The largest absolute Gasteiger partial charge is 0.510 e. The van der Waals surface area contributed by atoms with Gasteiger partial charge in [0, 0.05) is 36.7 Å². The first-order valence-electron chi connectivity index (χ1n) is 12.0. The number of carbonyl (C=O) groups is 1. The maximum atomic E-state index is 10.3. The van der Waals surface area contributed by atoms with Crippen LogP contribution in [0, 0.1) is 5.41 Å². The van der Waals surface area contributed by atoms with E-state index >= 15 is 0 Å². The first-order valence-corrected chi connectivity index (χ1v) is 12.0. The molecule has 3 N–H and O–H groups in total. The highest BCUT2D eigenvalue weighted by atomic mass is 16.5. The number of pyridine rings is 1. The van der Waals surface area contributed by atoms with Gasteiger partial charge in [-0.3, -0.25) is 15.2 Å². The molecule has 11 heteroatoms. The van der Waals surface area contributed by atoms with Crippen LogP contribution in [0.4, 0.5) is 0 Å². The van der Waals surface area contributed by atoms with Gasteiger partial charge < -0.3 is 19.9 Å².